The van der Waals surface area contributed by atoms with Crippen molar-refractivity contribution in [3.8, 4) is 0 Å². The number of carbonyl (C=O) groups excluding carboxylic acids is 1. The van der Waals surface area contributed by atoms with Gasteiger partial charge in [0.2, 0.25) is 0 Å². The number of hydrogen-bond acceptors (Lipinski definition) is 2. The van der Waals surface area contributed by atoms with Crippen molar-refractivity contribution in [2.45, 2.75) is 6.92 Å². The van der Waals surface area contributed by atoms with E-state index in [0.29, 0.717) is 0 Å². The first-order valence-electron chi connectivity index (χ1n) is 5.81. The van der Waals surface area contributed by atoms with Gasteiger partial charge in [0, 0.05) is 3.57 Å². The van der Waals surface area contributed by atoms with E-state index in [4.69, 9.17) is 4.74 Å². The molecule has 2 rings (SSSR count). The van der Waals surface area contributed by atoms with Crippen LogP contribution < -0.4 is 4.90 Å². The van der Waals surface area contributed by atoms with Gasteiger partial charge in [0.15, 0.2) is 0 Å². The molecule has 4 heteroatoms. The average Bonchev–Trinajstić information content (AvgIpc) is 2.40. The molecule has 0 saturated carbocycles. The maximum absolute atomic E-state index is 12.1. The van der Waals surface area contributed by atoms with Crippen LogP contribution in [0, 0.1) is 10.2 Å². The number of nitrogens with zero attached hydrogens (tertiary/aromatic N) is 1. The monoisotopic (exact) mass is 366 g/mol. The number of carbonyl (C=O) groups is 1. The van der Waals surface area contributed by atoms with Crippen molar-refractivity contribution in [3.63, 3.8) is 0 Å². The van der Waals surface area contributed by atoms with Crippen molar-refractivity contribution < 1.29 is 9.53 Å². The number of amides is 1. The van der Waals surface area contributed by atoms with Gasteiger partial charge >= 0.3 is 6.09 Å². The molecule has 0 bridgehead atoms. The fraction of sp³-hybridized carbons (Fsp3) is 0.0667. The van der Waals surface area contributed by atoms with E-state index >= 15 is 0 Å². The Kier molecular flexibility index (Phi) is 4.79. The van der Waals surface area contributed by atoms with Crippen LogP contribution >= 0.6 is 22.6 Å². The normalized spacial score (nSPS) is 10.0. The first-order valence-corrected chi connectivity index (χ1v) is 6.89. The van der Waals surface area contributed by atoms with Gasteiger partial charge in [-0.05, 0) is 59.8 Å². The zero-order valence-electron chi connectivity index (χ0n) is 10.4. The van der Waals surface area contributed by atoms with Crippen molar-refractivity contribution in [1.82, 2.24) is 0 Å². The van der Waals surface area contributed by atoms with Crippen LogP contribution in [0.2, 0.25) is 0 Å². The summed E-state index contributed by atoms with van der Waals surface area (Å²) in [4.78, 5) is 13.7. The van der Waals surface area contributed by atoms with Crippen LogP contribution in [0.3, 0.4) is 0 Å². The Morgan fingerprint density at radius 1 is 1.11 bits per heavy atom. The molecule has 19 heavy (non-hydrogen) atoms. The van der Waals surface area contributed by atoms with Crippen LogP contribution in [0.15, 0.2) is 54.6 Å². The lowest BCUT2D eigenvalue weighted by atomic mass is 10.2. The Bertz CT molecular complexity index is 557. The average molecular weight is 366 g/mol. The van der Waals surface area contributed by atoms with E-state index in [9.17, 15) is 4.79 Å². The summed E-state index contributed by atoms with van der Waals surface area (Å²) in [6.07, 6.45) is -0.421. The predicted octanol–water partition coefficient (Wildman–Crippen LogP) is 4.75. The van der Waals surface area contributed by atoms with Crippen molar-refractivity contribution in [2.24, 2.45) is 0 Å². The molecule has 0 unspecified atom stereocenters. The molecule has 0 aliphatic heterocycles. The topological polar surface area (TPSA) is 29.5 Å². The Morgan fingerprint density at radius 3 is 2.42 bits per heavy atom. The van der Waals surface area contributed by atoms with E-state index in [2.05, 4.69) is 22.6 Å². The number of para-hydroxylation sites is 1. The van der Waals surface area contributed by atoms with E-state index < -0.39 is 6.09 Å². The molecular formula is C15H13INO2. The molecule has 0 aliphatic carbocycles. The van der Waals surface area contributed by atoms with E-state index in [1.807, 2.05) is 54.6 Å². The van der Waals surface area contributed by atoms with Gasteiger partial charge in [0.25, 0.3) is 0 Å². The molecule has 3 nitrogen and oxygen atoms in total. The summed E-state index contributed by atoms with van der Waals surface area (Å²) >= 11 is 2.22. The number of halogens is 1. The third-order valence-corrected chi connectivity index (χ3v) is 3.15. The molecule has 97 valence electrons. The zero-order valence-corrected chi connectivity index (χ0v) is 12.6. The van der Waals surface area contributed by atoms with Gasteiger partial charge < -0.3 is 4.74 Å². The lowest BCUT2D eigenvalue weighted by Crippen LogP contribution is -2.25. The lowest BCUT2D eigenvalue weighted by molar-refractivity contribution is 0.183. The Labute approximate surface area is 126 Å². The van der Waals surface area contributed by atoms with E-state index in [0.717, 1.165) is 14.9 Å². The molecule has 0 aromatic heterocycles. The Morgan fingerprint density at radius 2 is 1.79 bits per heavy atom. The Balaban J connectivity index is 2.43. The van der Waals surface area contributed by atoms with Gasteiger partial charge in [0.05, 0.1) is 11.4 Å². The molecule has 2 aromatic rings. The molecule has 0 fully saturated rings. The summed E-state index contributed by atoms with van der Waals surface area (Å²) in [5, 5.41) is 0. The van der Waals surface area contributed by atoms with Gasteiger partial charge in [-0.2, -0.15) is 0 Å². The first-order chi connectivity index (χ1) is 9.22. The third kappa shape index (κ3) is 3.47. The lowest BCUT2D eigenvalue weighted by Gasteiger charge is -2.22. The van der Waals surface area contributed by atoms with Crippen molar-refractivity contribution in [3.05, 3.63) is 64.8 Å². The van der Waals surface area contributed by atoms with Crippen molar-refractivity contribution in [1.29, 1.82) is 0 Å². The third-order valence-electron chi connectivity index (χ3n) is 2.48. The summed E-state index contributed by atoms with van der Waals surface area (Å²) < 4.78 is 6.07. The largest absolute Gasteiger partial charge is 0.442 e. The van der Waals surface area contributed by atoms with Gasteiger partial charge in [-0.1, -0.05) is 24.3 Å². The summed E-state index contributed by atoms with van der Waals surface area (Å²) in [5.74, 6) is 0. The van der Waals surface area contributed by atoms with Crippen LogP contribution in [-0.4, -0.2) is 6.09 Å². The molecule has 2 aromatic carbocycles. The number of ether oxygens (including phenoxy) is 1. The van der Waals surface area contributed by atoms with Crippen LogP contribution in [0.4, 0.5) is 16.2 Å². The molecule has 0 spiro atoms. The van der Waals surface area contributed by atoms with E-state index in [-0.39, 0.29) is 0 Å². The van der Waals surface area contributed by atoms with Crippen LogP contribution in [-0.2, 0) is 4.74 Å². The molecule has 0 heterocycles. The highest BCUT2D eigenvalue weighted by atomic mass is 127. The summed E-state index contributed by atoms with van der Waals surface area (Å²) in [6.45, 7) is 3.06. The fourth-order valence-electron chi connectivity index (χ4n) is 1.71. The molecule has 0 atom stereocenters. The summed E-state index contributed by atoms with van der Waals surface area (Å²) in [6, 6.07) is 17.1. The minimum Gasteiger partial charge on any atom is -0.442 e. The van der Waals surface area contributed by atoms with Gasteiger partial charge in [-0.25, -0.2) is 9.69 Å². The summed E-state index contributed by atoms with van der Waals surface area (Å²) in [5.41, 5.74) is 1.56. The van der Waals surface area contributed by atoms with Crippen LogP contribution in [0.1, 0.15) is 6.92 Å². The Hall–Kier alpha value is -1.56. The summed E-state index contributed by atoms with van der Waals surface area (Å²) in [7, 11) is 0. The van der Waals surface area contributed by atoms with Crippen LogP contribution in [0.5, 0.6) is 0 Å². The molecular weight excluding hydrogens is 353 g/mol. The minimum atomic E-state index is -0.421. The molecule has 1 amide bonds. The molecule has 0 aliphatic rings. The van der Waals surface area contributed by atoms with Crippen LogP contribution in [0.25, 0.3) is 0 Å². The first kappa shape index (κ1) is 13.9. The highest BCUT2D eigenvalue weighted by Crippen LogP contribution is 2.27. The maximum atomic E-state index is 12.1. The van der Waals surface area contributed by atoms with Gasteiger partial charge in [-0.3, -0.25) is 0 Å². The predicted molar refractivity (Wildman–Crippen MR) is 84.2 cm³/mol. The second kappa shape index (κ2) is 6.56. The molecule has 1 radical (unpaired) electrons. The number of anilines is 2. The molecule has 0 saturated heterocycles. The maximum Gasteiger partial charge on any atom is 0.419 e. The highest BCUT2D eigenvalue weighted by molar-refractivity contribution is 14.1. The number of benzene rings is 2. The smallest absolute Gasteiger partial charge is 0.419 e. The van der Waals surface area contributed by atoms with Gasteiger partial charge in [-0.15, -0.1) is 0 Å². The SMILES string of the molecule is C[CH]OC(=O)N(c1ccccc1)c1cccc(I)c1. The highest BCUT2D eigenvalue weighted by Gasteiger charge is 2.19. The second-order valence-corrected chi connectivity index (χ2v) is 5.02. The number of hydrogen-bond donors (Lipinski definition) is 0. The van der Waals surface area contributed by atoms with Crippen molar-refractivity contribution >= 4 is 40.1 Å². The second-order valence-electron chi connectivity index (χ2n) is 3.77. The van der Waals surface area contributed by atoms with E-state index in [1.165, 1.54) is 6.61 Å². The molecule has 0 N–H and O–H groups in total. The van der Waals surface area contributed by atoms with Crippen molar-refractivity contribution in [2.75, 3.05) is 4.90 Å². The number of rotatable bonds is 3. The minimum absolute atomic E-state index is 0.421. The van der Waals surface area contributed by atoms with Gasteiger partial charge in [0.1, 0.15) is 6.61 Å². The fourth-order valence-corrected chi connectivity index (χ4v) is 2.23. The van der Waals surface area contributed by atoms with E-state index in [1.54, 1.807) is 11.8 Å². The zero-order chi connectivity index (χ0) is 13.7. The standard InChI is InChI=1S/C15H13INO2/c1-2-19-15(18)17(13-8-4-3-5-9-13)14-10-6-7-12(16)11-14/h2-11H,1H3. The quantitative estimate of drug-likeness (QED) is 0.734.